The van der Waals surface area contributed by atoms with Crippen LogP contribution in [0.3, 0.4) is 0 Å². The van der Waals surface area contributed by atoms with Gasteiger partial charge in [-0.15, -0.1) is 12.4 Å². The van der Waals surface area contributed by atoms with Gasteiger partial charge in [0.25, 0.3) is 0 Å². The summed E-state index contributed by atoms with van der Waals surface area (Å²) in [6, 6.07) is 18.1. The Kier molecular flexibility index (Phi) is 7.44. The minimum Gasteiger partial charge on any atom is -0.326 e. The molecule has 25 heavy (non-hydrogen) atoms. The summed E-state index contributed by atoms with van der Waals surface area (Å²) in [5, 5.41) is 2.93. The summed E-state index contributed by atoms with van der Waals surface area (Å²) in [6.07, 6.45) is 0.473. The zero-order valence-electron chi connectivity index (χ0n) is 13.9. The number of amides is 1. The molecule has 2 aromatic carbocycles. The highest BCUT2D eigenvalue weighted by atomic mass is 79.9. The summed E-state index contributed by atoms with van der Waals surface area (Å²) in [7, 11) is 0. The van der Waals surface area contributed by atoms with E-state index in [4.69, 9.17) is 5.73 Å². The largest absolute Gasteiger partial charge is 0.326 e. The van der Waals surface area contributed by atoms with Gasteiger partial charge in [-0.3, -0.25) is 4.79 Å². The number of hydrogen-bond donors (Lipinski definition) is 2. The van der Waals surface area contributed by atoms with Crippen LogP contribution in [0.25, 0.3) is 0 Å². The van der Waals surface area contributed by atoms with E-state index < -0.39 is 0 Å². The lowest BCUT2D eigenvalue weighted by atomic mass is 9.95. The molecular formula is C19H23BrClN3O. The average molecular weight is 425 g/mol. The second-order valence-corrected chi connectivity index (χ2v) is 7.16. The molecule has 2 aromatic rings. The monoisotopic (exact) mass is 423 g/mol. The van der Waals surface area contributed by atoms with Crippen LogP contribution in [-0.4, -0.2) is 36.5 Å². The number of anilines is 1. The number of halogens is 2. The van der Waals surface area contributed by atoms with Crippen LogP contribution in [-0.2, 0) is 4.79 Å². The van der Waals surface area contributed by atoms with Crippen LogP contribution < -0.4 is 11.1 Å². The van der Waals surface area contributed by atoms with Crippen molar-refractivity contribution in [3.8, 4) is 0 Å². The second kappa shape index (κ2) is 9.34. The molecule has 0 bridgehead atoms. The van der Waals surface area contributed by atoms with E-state index in [0.717, 1.165) is 29.8 Å². The Morgan fingerprint density at radius 1 is 1.16 bits per heavy atom. The molecule has 0 saturated carbocycles. The van der Waals surface area contributed by atoms with Crippen LogP contribution in [0.1, 0.15) is 17.9 Å². The van der Waals surface area contributed by atoms with E-state index in [0.29, 0.717) is 12.3 Å². The molecule has 4 nitrogen and oxygen atoms in total. The number of carbonyl (C=O) groups excluding carboxylic acids is 1. The van der Waals surface area contributed by atoms with Crippen molar-refractivity contribution in [2.75, 3.05) is 25.0 Å². The van der Waals surface area contributed by atoms with E-state index in [-0.39, 0.29) is 24.4 Å². The molecule has 3 rings (SSSR count). The molecule has 1 aliphatic heterocycles. The standard InChI is InChI=1S/C19H22BrN3O.ClH/c20-15-7-4-8-16(11-15)22-19(24)9-10-23-12-17(18(21)13-23)14-5-2-1-3-6-14;/h1-8,11,17-18H,9-10,12-13,21H2,(H,22,24);1H/t17-,18+;/m0./s1. The number of nitrogens with two attached hydrogens (primary N) is 1. The summed E-state index contributed by atoms with van der Waals surface area (Å²) in [4.78, 5) is 14.4. The number of hydrogen-bond acceptors (Lipinski definition) is 3. The van der Waals surface area contributed by atoms with Crippen molar-refractivity contribution >= 4 is 39.9 Å². The van der Waals surface area contributed by atoms with Crippen molar-refractivity contribution < 1.29 is 4.79 Å². The molecule has 6 heteroatoms. The maximum Gasteiger partial charge on any atom is 0.225 e. The highest BCUT2D eigenvalue weighted by Crippen LogP contribution is 2.26. The first-order chi connectivity index (χ1) is 11.6. The number of likely N-dealkylation sites (tertiary alicyclic amines) is 1. The number of rotatable bonds is 5. The molecule has 0 spiro atoms. The maximum atomic E-state index is 12.1. The molecule has 1 saturated heterocycles. The Morgan fingerprint density at radius 2 is 1.92 bits per heavy atom. The van der Waals surface area contributed by atoms with Crippen molar-refractivity contribution in [3.05, 3.63) is 64.6 Å². The van der Waals surface area contributed by atoms with Crippen LogP contribution in [0, 0.1) is 0 Å². The van der Waals surface area contributed by atoms with Gasteiger partial charge in [-0.1, -0.05) is 52.3 Å². The third-order valence-corrected chi connectivity index (χ3v) is 4.93. The van der Waals surface area contributed by atoms with E-state index in [1.165, 1.54) is 5.56 Å². The number of nitrogens with one attached hydrogen (secondary N) is 1. The lowest BCUT2D eigenvalue weighted by Crippen LogP contribution is -2.30. The van der Waals surface area contributed by atoms with Crippen molar-refractivity contribution in [2.24, 2.45) is 5.73 Å². The molecule has 1 fully saturated rings. The quantitative estimate of drug-likeness (QED) is 0.770. The van der Waals surface area contributed by atoms with Crippen molar-refractivity contribution in [2.45, 2.75) is 18.4 Å². The highest BCUT2D eigenvalue weighted by Gasteiger charge is 2.30. The number of benzene rings is 2. The fraction of sp³-hybridized carbons (Fsp3) is 0.316. The SMILES string of the molecule is Cl.N[C@@H]1CN(CCC(=O)Nc2cccc(Br)c2)C[C@H]1c1ccccc1. The van der Waals surface area contributed by atoms with E-state index >= 15 is 0 Å². The fourth-order valence-electron chi connectivity index (χ4n) is 3.20. The van der Waals surface area contributed by atoms with Gasteiger partial charge in [0.1, 0.15) is 0 Å². The zero-order chi connectivity index (χ0) is 16.9. The van der Waals surface area contributed by atoms with E-state index in [2.05, 4.69) is 50.4 Å². The molecule has 0 aromatic heterocycles. The Labute approximate surface area is 163 Å². The smallest absolute Gasteiger partial charge is 0.225 e. The van der Waals surface area contributed by atoms with Crippen molar-refractivity contribution in [1.29, 1.82) is 0 Å². The third kappa shape index (κ3) is 5.54. The minimum absolute atomic E-state index is 0. The van der Waals surface area contributed by atoms with E-state index in [9.17, 15) is 4.79 Å². The number of nitrogens with zero attached hydrogens (tertiary/aromatic N) is 1. The van der Waals surface area contributed by atoms with Gasteiger partial charge in [0, 0.05) is 48.2 Å². The fourth-order valence-corrected chi connectivity index (χ4v) is 3.60. The average Bonchev–Trinajstić information content (AvgIpc) is 2.95. The Balaban J connectivity index is 0.00000225. The molecule has 1 amide bonds. The summed E-state index contributed by atoms with van der Waals surface area (Å²) in [6.45, 7) is 2.48. The van der Waals surface area contributed by atoms with E-state index in [1.807, 2.05) is 30.3 Å². The second-order valence-electron chi connectivity index (χ2n) is 6.25. The van der Waals surface area contributed by atoms with Gasteiger partial charge < -0.3 is 16.0 Å². The van der Waals surface area contributed by atoms with Crippen molar-refractivity contribution in [1.82, 2.24) is 4.90 Å². The minimum atomic E-state index is 0. The van der Waals surface area contributed by atoms with Crippen LogP contribution in [0.2, 0.25) is 0 Å². The van der Waals surface area contributed by atoms with Crippen LogP contribution in [0.15, 0.2) is 59.1 Å². The predicted molar refractivity (Wildman–Crippen MR) is 108 cm³/mol. The molecule has 2 atom stereocenters. The summed E-state index contributed by atoms with van der Waals surface area (Å²) < 4.78 is 0.955. The number of carbonyl (C=O) groups is 1. The lowest BCUT2D eigenvalue weighted by molar-refractivity contribution is -0.116. The summed E-state index contributed by atoms with van der Waals surface area (Å²) >= 11 is 3.41. The lowest BCUT2D eigenvalue weighted by Gasteiger charge is -2.16. The van der Waals surface area contributed by atoms with Crippen LogP contribution >= 0.6 is 28.3 Å². The molecule has 1 heterocycles. The van der Waals surface area contributed by atoms with Gasteiger partial charge in [0.05, 0.1) is 0 Å². The summed E-state index contributed by atoms with van der Waals surface area (Å²) in [5.41, 5.74) is 8.40. The van der Waals surface area contributed by atoms with Gasteiger partial charge >= 0.3 is 0 Å². The van der Waals surface area contributed by atoms with Gasteiger partial charge in [-0.05, 0) is 23.8 Å². The van der Waals surface area contributed by atoms with Crippen molar-refractivity contribution in [3.63, 3.8) is 0 Å². The van der Waals surface area contributed by atoms with Gasteiger partial charge in [0.2, 0.25) is 5.91 Å². The Morgan fingerprint density at radius 3 is 2.64 bits per heavy atom. The molecule has 0 aliphatic carbocycles. The van der Waals surface area contributed by atoms with Gasteiger partial charge in [-0.2, -0.15) is 0 Å². The molecule has 3 N–H and O–H groups in total. The molecule has 1 aliphatic rings. The molecular weight excluding hydrogens is 402 g/mol. The third-order valence-electron chi connectivity index (χ3n) is 4.43. The van der Waals surface area contributed by atoms with Gasteiger partial charge in [-0.25, -0.2) is 0 Å². The first kappa shape index (κ1) is 19.9. The molecule has 0 radical (unpaired) electrons. The Hall–Kier alpha value is -1.40. The predicted octanol–water partition coefficient (Wildman–Crippen LogP) is 3.63. The topological polar surface area (TPSA) is 58.4 Å². The van der Waals surface area contributed by atoms with Crippen LogP contribution in [0.4, 0.5) is 5.69 Å². The first-order valence-electron chi connectivity index (χ1n) is 8.20. The highest BCUT2D eigenvalue weighted by molar-refractivity contribution is 9.10. The molecule has 134 valence electrons. The Bertz CT molecular complexity index is 698. The van der Waals surface area contributed by atoms with Crippen LogP contribution in [0.5, 0.6) is 0 Å². The van der Waals surface area contributed by atoms with E-state index in [1.54, 1.807) is 0 Å². The first-order valence-corrected chi connectivity index (χ1v) is 8.99. The summed E-state index contributed by atoms with van der Waals surface area (Å²) in [5.74, 6) is 0.379. The van der Waals surface area contributed by atoms with Gasteiger partial charge in [0.15, 0.2) is 0 Å². The maximum absolute atomic E-state index is 12.1. The normalized spacial score (nSPS) is 20.1. The zero-order valence-corrected chi connectivity index (χ0v) is 16.3. The molecule has 0 unspecified atom stereocenters.